The molecule has 0 aliphatic heterocycles. The Labute approximate surface area is 105 Å². The Hall–Kier alpha value is -2.23. The minimum absolute atomic E-state index is 0.0122. The van der Waals surface area contributed by atoms with Gasteiger partial charge in [-0.3, -0.25) is 4.79 Å². The molecule has 2 rings (SSSR count). The maximum Gasteiger partial charge on any atom is 0.323 e. The zero-order valence-corrected chi connectivity index (χ0v) is 10.4. The summed E-state index contributed by atoms with van der Waals surface area (Å²) in [5, 5.41) is 10.9. The van der Waals surface area contributed by atoms with Gasteiger partial charge in [0.1, 0.15) is 12.3 Å². The second-order valence-electron chi connectivity index (χ2n) is 4.15. The van der Waals surface area contributed by atoms with Crippen molar-refractivity contribution in [1.29, 1.82) is 0 Å². The number of hydrogen-bond acceptors (Lipinski definition) is 3. The fraction of sp³-hybridized carbons (Fsp3) is 0.214. The Balaban J connectivity index is 2.35. The molecule has 4 heteroatoms. The standard InChI is InChI=1S/C14H15NO3/c1-15(9-14(16)17)12-5-3-11-8-13(18-2)6-4-10(11)7-12/h3-8H,9H2,1-2H3,(H,16,17). The average Bonchev–Trinajstić information content (AvgIpc) is 2.36. The maximum absolute atomic E-state index is 10.7. The summed E-state index contributed by atoms with van der Waals surface area (Å²) in [6.07, 6.45) is 0. The Morgan fingerprint density at radius 1 is 1.22 bits per heavy atom. The van der Waals surface area contributed by atoms with E-state index < -0.39 is 5.97 Å². The lowest BCUT2D eigenvalue weighted by molar-refractivity contribution is -0.135. The Morgan fingerprint density at radius 2 is 1.89 bits per heavy atom. The third-order valence-corrected chi connectivity index (χ3v) is 2.84. The van der Waals surface area contributed by atoms with E-state index >= 15 is 0 Å². The first kappa shape index (κ1) is 12.2. The molecule has 0 saturated heterocycles. The molecule has 0 heterocycles. The lowest BCUT2D eigenvalue weighted by atomic mass is 10.1. The van der Waals surface area contributed by atoms with Crippen molar-refractivity contribution in [3.05, 3.63) is 36.4 Å². The number of aliphatic carboxylic acids is 1. The van der Waals surface area contributed by atoms with Crippen molar-refractivity contribution in [2.24, 2.45) is 0 Å². The Kier molecular flexibility index (Phi) is 3.37. The minimum atomic E-state index is -0.840. The van der Waals surface area contributed by atoms with Crippen molar-refractivity contribution >= 4 is 22.4 Å². The summed E-state index contributed by atoms with van der Waals surface area (Å²) in [6.45, 7) is -0.0122. The minimum Gasteiger partial charge on any atom is -0.497 e. The van der Waals surface area contributed by atoms with Crippen LogP contribution in [0.25, 0.3) is 10.8 Å². The first-order chi connectivity index (χ1) is 8.60. The van der Waals surface area contributed by atoms with E-state index in [4.69, 9.17) is 9.84 Å². The van der Waals surface area contributed by atoms with Crippen molar-refractivity contribution < 1.29 is 14.6 Å². The quantitative estimate of drug-likeness (QED) is 0.898. The van der Waals surface area contributed by atoms with E-state index in [1.165, 1.54) is 0 Å². The highest BCUT2D eigenvalue weighted by Crippen LogP contribution is 2.25. The van der Waals surface area contributed by atoms with Gasteiger partial charge in [-0.05, 0) is 35.0 Å². The number of methoxy groups -OCH3 is 1. The summed E-state index contributed by atoms with van der Waals surface area (Å²) < 4.78 is 5.16. The van der Waals surface area contributed by atoms with E-state index in [0.29, 0.717) is 0 Å². The van der Waals surface area contributed by atoms with Crippen molar-refractivity contribution in [2.45, 2.75) is 0 Å². The summed E-state index contributed by atoms with van der Waals surface area (Å²) >= 11 is 0. The molecule has 0 fully saturated rings. The fourth-order valence-electron chi connectivity index (χ4n) is 1.87. The number of anilines is 1. The molecule has 0 aliphatic rings. The van der Waals surface area contributed by atoms with Gasteiger partial charge in [-0.2, -0.15) is 0 Å². The van der Waals surface area contributed by atoms with E-state index in [1.54, 1.807) is 19.1 Å². The van der Waals surface area contributed by atoms with Crippen LogP contribution in [0.1, 0.15) is 0 Å². The molecule has 2 aromatic rings. The van der Waals surface area contributed by atoms with E-state index in [2.05, 4.69) is 0 Å². The molecule has 0 saturated carbocycles. The molecule has 94 valence electrons. The molecule has 4 nitrogen and oxygen atoms in total. The SMILES string of the molecule is COc1ccc2cc(N(C)CC(=O)O)ccc2c1. The Bertz CT molecular complexity index is 580. The monoisotopic (exact) mass is 245 g/mol. The van der Waals surface area contributed by atoms with Gasteiger partial charge in [0.15, 0.2) is 0 Å². The summed E-state index contributed by atoms with van der Waals surface area (Å²) in [6, 6.07) is 11.7. The summed E-state index contributed by atoms with van der Waals surface area (Å²) in [5.74, 6) is -0.0264. The van der Waals surface area contributed by atoms with Crippen LogP contribution in [-0.4, -0.2) is 31.8 Å². The van der Waals surface area contributed by atoms with Gasteiger partial charge in [0.2, 0.25) is 0 Å². The summed E-state index contributed by atoms with van der Waals surface area (Å²) in [5.41, 5.74) is 0.884. The van der Waals surface area contributed by atoms with Gasteiger partial charge in [-0.15, -0.1) is 0 Å². The second-order valence-corrected chi connectivity index (χ2v) is 4.15. The van der Waals surface area contributed by atoms with Gasteiger partial charge >= 0.3 is 5.97 Å². The highest BCUT2D eigenvalue weighted by Gasteiger charge is 2.06. The number of carbonyl (C=O) groups is 1. The topological polar surface area (TPSA) is 49.8 Å². The smallest absolute Gasteiger partial charge is 0.323 e. The molecule has 1 N–H and O–H groups in total. The third kappa shape index (κ3) is 2.53. The molecule has 0 aliphatic carbocycles. The predicted octanol–water partition coefficient (Wildman–Crippen LogP) is 2.37. The molecule has 18 heavy (non-hydrogen) atoms. The number of nitrogens with zero attached hydrogens (tertiary/aromatic N) is 1. The van der Waals surface area contributed by atoms with Crippen LogP contribution < -0.4 is 9.64 Å². The molecule has 0 atom stereocenters. The summed E-state index contributed by atoms with van der Waals surface area (Å²) in [7, 11) is 3.40. The van der Waals surface area contributed by atoms with Crippen LogP contribution in [0.3, 0.4) is 0 Å². The van der Waals surface area contributed by atoms with Crippen molar-refractivity contribution in [3.63, 3.8) is 0 Å². The highest BCUT2D eigenvalue weighted by molar-refractivity contribution is 5.87. The van der Waals surface area contributed by atoms with Crippen LogP contribution >= 0.6 is 0 Å². The van der Waals surface area contributed by atoms with Gasteiger partial charge in [0.25, 0.3) is 0 Å². The number of rotatable bonds is 4. The van der Waals surface area contributed by atoms with Crippen LogP contribution in [0, 0.1) is 0 Å². The third-order valence-electron chi connectivity index (χ3n) is 2.84. The molecule has 0 bridgehead atoms. The van der Waals surface area contributed by atoms with Gasteiger partial charge in [-0.1, -0.05) is 12.1 Å². The fourth-order valence-corrected chi connectivity index (χ4v) is 1.87. The molecule has 2 aromatic carbocycles. The molecule has 0 spiro atoms. The normalized spacial score (nSPS) is 10.3. The Morgan fingerprint density at radius 3 is 2.56 bits per heavy atom. The molecule has 0 amide bonds. The highest BCUT2D eigenvalue weighted by atomic mass is 16.5. The van der Waals surface area contributed by atoms with E-state index in [1.807, 2.05) is 36.4 Å². The number of carboxylic acids is 1. The number of ether oxygens (including phenoxy) is 1. The lowest BCUT2D eigenvalue weighted by Crippen LogP contribution is -2.24. The van der Waals surface area contributed by atoms with Crippen LogP contribution in [0.2, 0.25) is 0 Å². The number of carboxylic acid groups (broad SMARTS) is 1. The van der Waals surface area contributed by atoms with Gasteiger partial charge in [-0.25, -0.2) is 0 Å². The molecular weight excluding hydrogens is 230 g/mol. The molecular formula is C14H15NO3. The van der Waals surface area contributed by atoms with Gasteiger partial charge in [0, 0.05) is 12.7 Å². The van der Waals surface area contributed by atoms with Gasteiger partial charge in [0.05, 0.1) is 7.11 Å². The zero-order chi connectivity index (χ0) is 13.1. The molecule has 0 unspecified atom stereocenters. The largest absolute Gasteiger partial charge is 0.497 e. The second kappa shape index (κ2) is 4.96. The molecule has 0 aromatic heterocycles. The number of benzene rings is 2. The first-order valence-corrected chi connectivity index (χ1v) is 5.61. The average molecular weight is 245 g/mol. The lowest BCUT2D eigenvalue weighted by Gasteiger charge is -2.17. The maximum atomic E-state index is 10.7. The number of fused-ring (bicyclic) bond motifs is 1. The van der Waals surface area contributed by atoms with Crippen molar-refractivity contribution in [3.8, 4) is 5.75 Å². The van der Waals surface area contributed by atoms with E-state index in [-0.39, 0.29) is 6.54 Å². The van der Waals surface area contributed by atoms with Crippen LogP contribution in [0.4, 0.5) is 5.69 Å². The van der Waals surface area contributed by atoms with Crippen LogP contribution in [0.5, 0.6) is 5.75 Å². The van der Waals surface area contributed by atoms with Crippen LogP contribution in [0.15, 0.2) is 36.4 Å². The van der Waals surface area contributed by atoms with Crippen LogP contribution in [-0.2, 0) is 4.79 Å². The van der Waals surface area contributed by atoms with E-state index in [0.717, 1.165) is 22.2 Å². The molecule has 0 radical (unpaired) electrons. The van der Waals surface area contributed by atoms with Gasteiger partial charge < -0.3 is 14.7 Å². The van der Waals surface area contributed by atoms with Crippen molar-refractivity contribution in [2.75, 3.05) is 25.6 Å². The van der Waals surface area contributed by atoms with E-state index in [9.17, 15) is 4.79 Å². The zero-order valence-electron chi connectivity index (χ0n) is 10.4. The number of hydrogen-bond donors (Lipinski definition) is 1. The summed E-state index contributed by atoms with van der Waals surface area (Å²) in [4.78, 5) is 12.4. The first-order valence-electron chi connectivity index (χ1n) is 5.61. The number of likely N-dealkylation sites (N-methyl/N-ethyl adjacent to an activating group) is 1. The van der Waals surface area contributed by atoms with Crippen molar-refractivity contribution in [1.82, 2.24) is 0 Å². The predicted molar refractivity (Wildman–Crippen MR) is 71.4 cm³/mol.